The maximum atomic E-state index is 12.9. The van der Waals surface area contributed by atoms with E-state index in [-0.39, 0.29) is 6.54 Å². The second-order valence-corrected chi connectivity index (χ2v) is 8.24. The molecule has 0 aromatic carbocycles. The summed E-state index contributed by atoms with van der Waals surface area (Å²) in [5.41, 5.74) is 2.22. The fourth-order valence-corrected chi connectivity index (χ4v) is 4.74. The second-order valence-electron chi connectivity index (χ2n) is 6.31. The molecule has 0 amide bonds. The predicted molar refractivity (Wildman–Crippen MR) is 96.8 cm³/mol. The van der Waals surface area contributed by atoms with Crippen LogP contribution in [0.3, 0.4) is 0 Å². The van der Waals surface area contributed by atoms with Crippen LogP contribution >= 0.6 is 0 Å². The molecule has 0 aliphatic carbocycles. The van der Waals surface area contributed by atoms with Gasteiger partial charge < -0.3 is 9.47 Å². The Hall–Kier alpha value is -1.98. The van der Waals surface area contributed by atoms with Crippen LogP contribution in [0.2, 0.25) is 0 Å². The minimum absolute atomic E-state index is 0.238. The van der Waals surface area contributed by atoms with Gasteiger partial charge in [0.25, 0.3) is 10.2 Å². The van der Waals surface area contributed by atoms with Crippen LogP contribution in [0.5, 0.6) is 0 Å². The highest BCUT2D eigenvalue weighted by atomic mass is 32.2. The molecule has 2 aromatic heterocycles. The van der Waals surface area contributed by atoms with Crippen molar-refractivity contribution >= 4 is 10.2 Å². The first-order valence-corrected chi connectivity index (χ1v) is 10.2. The van der Waals surface area contributed by atoms with Crippen LogP contribution in [0, 0.1) is 0 Å². The van der Waals surface area contributed by atoms with Crippen molar-refractivity contribution in [2.45, 2.75) is 6.10 Å². The van der Waals surface area contributed by atoms with E-state index >= 15 is 0 Å². The molecule has 144 valence electrons. The molecule has 1 unspecified atom stereocenters. The summed E-state index contributed by atoms with van der Waals surface area (Å²) in [5, 5.41) is 0. The van der Waals surface area contributed by atoms with Gasteiger partial charge in [-0.3, -0.25) is 0 Å². The van der Waals surface area contributed by atoms with E-state index in [1.165, 1.54) is 14.9 Å². The van der Waals surface area contributed by atoms with Crippen molar-refractivity contribution in [3.05, 3.63) is 42.6 Å². The van der Waals surface area contributed by atoms with Crippen molar-refractivity contribution in [1.29, 1.82) is 0 Å². The van der Waals surface area contributed by atoms with E-state index in [1.54, 1.807) is 12.4 Å². The Morgan fingerprint density at radius 2 is 1.74 bits per heavy atom. The van der Waals surface area contributed by atoms with Crippen LogP contribution in [0.15, 0.2) is 36.9 Å². The van der Waals surface area contributed by atoms with Gasteiger partial charge in [-0.25, -0.2) is 15.0 Å². The molecule has 0 radical (unpaired) electrons. The van der Waals surface area contributed by atoms with Crippen molar-refractivity contribution < 1.29 is 17.9 Å². The Kier molecular flexibility index (Phi) is 5.41. The quantitative estimate of drug-likeness (QED) is 0.748. The lowest BCUT2D eigenvalue weighted by molar-refractivity contribution is -0.00838. The fourth-order valence-electron chi connectivity index (χ4n) is 3.18. The number of rotatable bonds is 4. The minimum Gasteiger partial charge on any atom is -0.379 e. The number of hydrogen-bond acceptors (Lipinski definition) is 7. The van der Waals surface area contributed by atoms with Gasteiger partial charge in [-0.15, -0.1) is 0 Å². The van der Waals surface area contributed by atoms with Gasteiger partial charge in [0, 0.05) is 44.1 Å². The zero-order valence-corrected chi connectivity index (χ0v) is 15.6. The Balaban J connectivity index is 1.53. The third kappa shape index (κ3) is 3.99. The fraction of sp³-hybridized carbons (Fsp3) is 0.471. The van der Waals surface area contributed by atoms with Crippen LogP contribution in [0.25, 0.3) is 11.3 Å². The number of pyridine rings is 1. The third-order valence-electron chi connectivity index (χ3n) is 4.61. The van der Waals surface area contributed by atoms with Gasteiger partial charge in [-0.1, -0.05) is 6.07 Å². The summed E-state index contributed by atoms with van der Waals surface area (Å²) < 4.78 is 39.9. The van der Waals surface area contributed by atoms with Gasteiger partial charge in [0.2, 0.25) is 0 Å². The Bertz CT molecular complexity index is 874. The largest absolute Gasteiger partial charge is 0.379 e. The molecule has 1 atom stereocenters. The van der Waals surface area contributed by atoms with Crippen LogP contribution < -0.4 is 0 Å². The molecule has 2 aliphatic heterocycles. The molecule has 0 bridgehead atoms. The van der Waals surface area contributed by atoms with Gasteiger partial charge in [0.05, 0.1) is 31.2 Å². The highest BCUT2D eigenvalue weighted by Crippen LogP contribution is 2.26. The summed E-state index contributed by atoms with van der Waals surface area (Å²) in [6.45, 7) is 2.52. The molecular formula is C17H21N5O4S. The monoisotopic (exact) mass is 391 g/mol. The molecule has 0 spiro atoms. The lowest BCUT2D eigenvalue weighted by Gasteiger charge is -2.36. The van der Waals surface area contributed by atoms with E-state index < -0.39 is 16.3 Å². The van der Waals surface area contributed by atoms with Crippen LogP contribution in [-0.4, -0.2) is 78.0 Å². The Labute approximate surface area is 158 Å². The third-order valence-corrected chi connectivity index (χ3v) is 6.61. The molecule has 2 aromatic rings. The van der Waals surface area contributed by atoms with Crippen molar-refractivity contribution in [3.63, 3.8) is 0 Å². The van der Waals surface area contributed by atoms with E-state index in [2.05, 4.69) is 15.0 Å². The minimum atomic E-state index is -3.53. The van der Waals surface area contributed by atoms with Crippen LogP contribution in [0.4, 0.5) is 0 Å². The van der Waals surface area contributed by atoms with Gasteiger partial charge in [-0.2, -0.15) is 17.0 Å². The number of nitrogens with zero attached hydrogens (tertiary/aromatic N) is 5. The number of hydrogen-bond donors (Lipinski definition) is 0. The lowest BCUT2D eigenvalue weighted by atomic mass is 10.1. The molecule has 0 N–H and O–H groups in total. The Morgan fingerprint density at radius 1 is 1.00 bits per heavy atom. The van der Waals surface area contributed by atoms with E-state index in [0.717, 1.165) is 11.3 Å². The molecule has 2 saturated heterocycles. The maximum absolute atomic E-state index is 12.9. The molecule has 9 nitrogen and oxygen atoms in total. The van der Waals surface area contributed by atoms with Gasteiger partial charge in [0.15, 0.2) is 0 Å². The van der Waals surface area contributed by atoms with E-state index in [1.807, 2.05) is 18.2 Å². The molecule has 4 rings (SSSR count). The molecule has 2 aliphatic rings. The number of morpholine rings is 2. The topological polar surface area (TPSA) is 97.8 Å². The summed E-state index contributed by atoms with van der Waals surface area (Å²) in [7, 11) is -3.53. The summed E-state index contributed by atoms with van der Waals surface area (Å²) in [4.78, 5) is 12.7. The Morgan fingerprint density at radius 3 is 2.52 bits per heavy atom. The maximum Gasteiger partial charge on any atom is 0.282 e. The normalized spacial score (nSPS) is 22.6. The summed E-state index contributed by atoms with van der Waals surface area (Å²) in [5.74, 6) is 0. The predicted octanol–water partition coefficient (Wildman–Crippen LogP) is 0.489. The SMILES string of the molecule is O=S(=O)(N1CCOCC1)N1CCOC(c2cccc(-c3cncnc3)n2)C1. The van der Waals surface area contributed by atoms with Gasteiger partial charge >= 0.3 is 0 Å². The van der Waals surface area contributed by atoms with E-state index in [0.29, 0.717) is 45.1 Å². The highest BCUT2D eigenvalue weighted by Gasteiger charge is 2.35. The lowest BCUT2D eigenvalue weighted by Crippen LogP contribution is -2.52. The molecular weight excluding hydrogens is 370 g/mol. The van der Waals surface area contributed by atoms with Gasteiger partial charge in [0.1, 0.15) is 12.4 Å². The number of aromatic nitrogens is 3. The van der Waals surface area contributed by atoms with Gasteiger partial charge in [-0.05, 0) is 12.1 Å². The first-order chi connectivity index (χ1) is 13.1. The zero-order valence-electron chi connectivity index (χ0n) is 14.8. The zero-order chi connectivity index (χ0) is 18.7. The van der Waals surface area contributed by atoms with E-state index in [4.69, 9.17) is 9.47 Å². The summed E-state index contributed by atoms with van der Waals surface area (Å²) >= 11 is 0. The van der Waals surface area contributed by atoms with Crippen molar-refractivity contribution in [2.75, 3.05) is 46.0 Å². The molecule has 2 fully saturated rings. The summed E-state index contributed by atoms with van der Waals surface area (Å²) in [6.07, 6.45) is 4.43. The van der Waals surface area contributed by atoms with E-state index in [9.17, 15) is 8.42 Å². The van der Waals surface area contributed by atoms with Crippen molar-refractivity contribution in [1.82, 2.24) is 23.6 Å². The first-order valence-electron chi connectivity index (χ1n) is 8.81. The molecule has 4 heterocycles. The van der Waals surface area contributed by atoms with Crippen molar-refractivity contribution in [2.24, 2.45) is 0 Å². The smallest absolute Gasteiger partial charge is 0.282 e. The first kappa shape index (κ1) is 18.4. The number of ether oxygens (including phenoxy) is 2. The highest BCUT2D eigenvalue weighted by molar-refractivity contribution is 7.86. The molecule has 0 saturated carbocycles. The standard InChI is InChI=1S/C17H21N5O4S/c23-27(24,21-4-7-25-8-5-21)22-6-9-26-17(12-22)16-3-1-2-15(20-16)14-10-18-13-19-11-14/h1-3,10-11,13,17H,4-9,12H2. The van der Waals surface area contributed by atoms with Crippen molar-refractivity contribution in [3.8, 4) is 11.3 Å². The average molecular weight is 391 g/mol. The van der Waals surface area contributed by atoms with Crippen LogP contribution in [0.1, 0.15) is 11.8 Å². The molecule has 27 heavy (non-hydrogen) atoms. The summed E-state index contributed by atoms with van der Waals surface area (Å²) in [6, 6.07) is 5.60. The van der Waals surface area contributed by atoms with Crippen LogP contribution in [-0.2, 0) is 19.7 Å². The molecule has 10 heteroatoms. The average Bonchev–Trinajstić information content (AvgIpc) is 2.75. The second kappa shape index (κ2) is 7.95.